The average molecular weight is 425 g/mol. The highest BCUT2D eigenvalue weighted by Gasteiger charge is 2.30. The van der Waals surface area contributed by atoms with Gasteiger partial charge in [-0.15, -0.1) is 0 Å². The topological polar surface area (TPSA) is 54.5 Å². The number of nitrogens with zero attached hydrogens (tertiary/aromatic N) is 2. The van der Waals surface area contributed by atoms with Gasteiger partial charge in [0, 0.05) is 32.4 Å². The molecule has 3 rings (SSSR count). The lowest BCUT2D eigenvalue weighted by atomic mass is 10.1. The molecule has 1 amide bonds. The van der Waals surface area contributed by atoms with E-state index in [2.05, 4.69) is 27.3 Å². The third-order valence-corrected chi connectivity index (χ3v) is 5.35. The predicted molar refractivity (Wildman–Crippen MR) is 104 cm³/mol. The highest BCUT2D eigenvalue weighted by atomic mass is 32.2. The number of carbonyl (C=O) groups excluding carboxylic acids is 1. The number of carbonyl (C=O) groups is 1. The standard InChI is InChI=1S/C20H22F3N3O2S/c21-20(22,23)17-4-5-19(25-12-17)29-14-18(27)24-11-15-2-1-3-16(10-15)13-26-6-8-28-9-7-26/h1-5,10,12H,6-9,11,13-14H2,(H,24,27). The molecule has 2 aromatic rings. The second-order valence-electron chi connectivity index (χ2n) is 6.66. The molecule has 1 fully saturated rings. The Balaban J connectivity index is 1.43. The molecule has 0 saturated carbocycles. The number of nitrogens with one attached hydrogen (secondary N) is 1. The fourth-order valence-electron chi connectivity index (χ4n) is 2.88. The summed E-state index contributed by atoms with van der Waals surface area (Å²) in [7, 11) is 0. The molecular formula is C20H22F3N3O2S. The van der Waals surface area contributed by atoms with Gasteiger partial charge in [-0.25, -0.2) is 4.98 Å². The van der Waals surface area contributed by atoms with E-state index < -0.39 is 11.7 Å². The molecule has 1 aliphatic rings. The van der Waals surface area contributed by atoms with Gasteiger partial charge in [0.15, 0.2) is 0 Å². The first-order valence-corrected chi connectivity index (χ1v) is 10.2. The van der Waals surface area contributed by atoms with Crippen LogP contribution in [0.4, 0.5) is 13.2 Å². The summed E-state index contributed by atoms with van der Waals surface area (Å²) < 4.78 is 43.0. The lowest BCUT2D eigenvalue weighted by Crippen LogP contribution is -2.35. The minimum absolute atomic E-state index is 0.0891. The van der Waals surface area contributed by atoms with Crippen molar-refractivity contribution in [3.8, 4) is 0 Å². The molecule has 1 aromatic carbocycles. The highest BCUT2D eigenvalue weighted by Crippen LogP contribution is 2.29. The Morgan fingerprint density at radius 1 is 1.17 bits per heavy atom. The smallest absolute Gasteiger partial charge is 0.379 e. The SMILES string of the molecule is O=C(CSc1ccc(C(F)(F)F)cn1)NCc1cccc(CN2CCOCC2)c1. The number of thioether (sulfide) groups is 1. The zero-order chi connectivity index (χ0) is 20.7. The van der Waals surface area contributed by atoms with Gasteiger partial charge in [0.05, 0.1) is 29.6 Å². The molecule has 2 heterocycles. The van der Waals surface area contributed by atoms with Gasteiger partial charge < -0.3 is 10.1 Å². The summed E-state index contributed by atoms with van der Waals surface area (Å²) in [5.41, 5.74) is 1.38. The van der Waals surface area contributed by atoms with Crippen LogP contribution in [0, 0.1) is 0 Å². The summed E-state index contributed by atoms with van der Waals surface area (Å²) in [6.07, 6.45) is -3.63. The molecule has 1 aromatic heterocycles. The molecule has 0 bridgehead atoms. The van der Waals surface area contributed by atoms with Crippen molar-refractivity contribution in [1.82, 2.24) is 15.2 Å². The van der Waals surface area contributed by atoms with E-state index in [1.165, 1.54) is 11.6 Å². The summed E-state index contributed by atoms with van der Waals surface area (Å²) in [5, 5.41) is 3.21. The van der Waals surface area contributed by atoms with E-state index in [0.717, 1.165) is 62.4 Å². The Labute approximate surface area is 171 Å². The molecule has 5 nitrogen and oxygen atoms in total. The van der Waals surface area contributed by atoms with Crippen LogP contribution in [0.5, 0.6) is 0 Å². The van der Waals surface area contributed by atoms with E-state index >= 15 is 0 Å². The largest absolute Gasteiger partial charge is 0.417 e. The number of pyridine rings is 1. The Morgan fingerprint density at radius 2 is 1.93 bits per heavy atom. The van der Waals surface area contributed by atoms with Crippen molar-refractivity contribution in [2.24, 2.45) is 0 Å². The zero-order valence-corrected chi connectivity index (χ0v) is 16.6. The molecular weight excluding hydrogens is 403 g/mol. The number of hydrogen-bond donors (Lipinski definition) is 1. The van der Waals surface area contributed by atoms with Crippen LogP contribution in [0.15, 0.2) is 47.6 Å². The summed E-state index contributed by atoms with van der Waals surface area (Å²) in [6, 6.07) is 10.3. The number of hydrogen-bond acceptors (Lipinski definition) is 5. The maximum atomic E-state index is 12.5. The van der Waals surface area contributed by atoms with E-state index in [1.54, 1.807) is 0 Å². The monoisotopic (exact) mass is 425 g/mol. The van der Waals surface area contributed by atoms with Crippen molar-refractivity contribution in [2.75, 3.05) is 32.1 Å². The average Bonchev–Trinajstić information content (AvgIpc) is 2.71. The molecule has 0 radical (unpaired) electrons. The summed E-state index contributed by atoms with van der Waals surface area (Å²) in [5.74, 6) is -0.110. The van der Waals surface area contributed by atoms with Gasteiger partial charge in [0.25, 0.3) is 0 Å². The van der Waals surface area contributed by atoms with Crippen molar-refractivity contribution >= 4 is 17.7 Å². The van der Waals surface area contributed by atoms with Crippen LogP contribution in [0.25, 0.3) is 0 Å². The number of aromatic nitrogens is 1. The number of benzene rings is 1. The van der Waals surface area contributed by atoms with Crippen LogP contribution in [-0.4, -0.2) is 47.8 Å². The maximum Gasteiger partial charge on any atom is 0.417 e. The minimum Gasteiger partial charge on any atom is -0.379 e. The molecule has 0 aliphatic carbocycles. The molecule has 29 heavy (non-hydrogen) atoms. The molecule has 1 saturated heterocycles. The van der Waals surface area contributed by atoms with E-state index in [4.69, 9.17) is 4.74 Å². The van der Waals surface area contributed by atoms with Gasteiger partial charge in [0.2, 0.25) is 5.91 Å². The van der Waals surface area contributed by atoms with Crippen LogP contribution >= 0.6 is 11.8 Å². The molecule has 0 unspecified atom stereocenters. The Morgan fingerprint density at radius 3 is 2.62 bits per heavy atom. The Bertz CT molecular complexity index is 809. The number of rotatable bonds is 7. The third-order valence-electron chi connectivity index (χ3n) is 4.41. The second-order valence-corrected chi connectivity index (χ2v) is 7.65. The number of halogens is 3. The van der Waals surface area contributed by atoms with E-state index in [9.17, 15) is 18.0 Å². The molecule has 156 valence electrons. The molecule has 0 atom stereocenters. The van der Waals surface area contributed by atoms with Crippen molar-refractivity contribution in [1.29, 1.82) is 0 Å². The van der Waals surface area contributed by atoms with Crippen molar-refractivity contribution in [3.63, 3.8) is 0 Å². The minimum atomic E-state index is -4.41. The number of alkyl halides is 3. The zero-order valence-electron chi connectivity index (χ0n) is 15.7. The summed E-state index contributed by atoms with van der Waals surface area (Å²) in [4.78, 5) is 18.1. The fourth-order valence-corrected chi connectivity index (χ4v) is 3.55. The second kappa shape index (κ2) is 10.1. The predicted octanol–water partition coefficient (Wildman–Crippen LogP) is 3.34. The van der Waals surface area contributed by atoms with Gasteiger partial charge in [0.1, 0.15) is 0 Å². The summed E-state index contributed by atoms with van der Waals surface area (Å²) >= 11 is 1.10. The lowest BCUT2D eigenvalue weighted by Gasteiger charge is -2.26. The first-order valence-electron chi connectivity index (χ1n) is 9.21. The van der Waals surface area contributed by atoms with Crippen molar-refractivity contribution < 1.29 is 22.7 Å². The number of morpholine rings is 1. The molecule has 9 heteroatoms. The van der Waals surface area contributed by atoms with Crippen molar-refractivity contribution in [3.05, 3.63) is 59.3 Å². The van der Waals surface area contributed by atoms with Gasteiger partial charge in [-0.3, -0.25) is 9.69 Å². The fraction of sp³-hybridized carbons (Fsp3) is 0.400. The third kappa shape index (κ3) is 7.02. The van der Waals surface area contributed by atoms with E-state index in [-0.39, 0.29) is 11.7 Å². The van der Waals surface area contributed by atoms with E-state index in [1.807, 2.05) is 12.1 Å². The highest BCUT2D eigenvalue weighted by molar-refractivity contribution is 7.99. The first kappa shape index (κ1) is 21.6. The van der Waals surface area contributed by atoms with Crippen LogP contribution in [0.3, 0.4) is 0 Å². The molecule has 1 N–H and O–H groups in total. The van der Waals surface area contributed by atoms with Crippen molar-refractivity contribution in [2.45, 2.75) is 24.3 Å². The van der Waals surface area contributed by atoms with Crippen LogP contribution in [0.2, 0.25) is 0 Å². The van der Waals surface area contributed by atoms with Crippen LogP contribution < -0.4 is 5.32 Å². The van der Waals surface area contributed by atoms with Crippen LogP contribution in [0.1, 0.15) is 16.7 Å². The number of amides is 1. The van der Waals surface area contributed by atoms with Gasteiger partial charge in [-0.05, 0) is 23.3 Å². The Kier molecular flexibility index (Phi) is 7.51. The maximum absolute atomic E-state index is 12.5. The van der Waals surface area contributed by atoms with Crippen LogP contribution in [-0.2, 0) is 28.8 Å². The Hall–Kier alpha value is -2.10. The lowest BCUT2D eigenvalue weighted by molar-refractivity contribution is -0.137. The van der Waals surface area contributed by atoms with Gasteiger partial charge >= 0.3 is 6.18 Å². The van der Waals surface area contributed by atoms with Gasteiger partial charge in [-0.2, -0.15) is 13.2 Å². The first-order chi connectivity index (χ1) is 13.9. The normalized spacial score (nSPS) is 15.3. The molecule has 0 spiro atoms. The number of ether oxygens (including phenoxy) is 1. The van der Waals surface area contributed by atoms with Gasteiger partial charge in [-0.1, -0.05) is 36.0 Å². The van der Waals surface area contributed by atoms with E-state index in [0.29, 0.717) is 11.6 Å². The quantitative estimate of drug-likeness (QED) is 0.690. The summed E-state index contributed by atoms with van der Waals surface area (Å²) in [6.45, 7) is 4.58. The molecule has 1 aliphatic heterocycles.